The van der Waals surface area contributed by atoms with Crippen molar-refractivity contribution in [2.45, 2.75) is 0 Å². The Labute approximate surface area is 131 Å². The van der Waals surface area contributed by atoms with Crippen molar-refractivity contribution in [3.05, 3.63) is 52.6 Å². The molecule has 0 bridgehead atoms. The minimum Gasteiger partial charge on any atom is -0.506 e. The standard InChI is InChI=1S/C17H11F2NO3/c1-22-11-7-16(21)12(17(8-11)23-2)4-3-10-5-14(18)13(9-20)15(19)6-10/h5-8,21H,1-2H3. The molecule has 2 rings (SSSR count). The number of aromatic hydroxyl groups is 1. The molecule has 2 aromatic rings. The van der Waals surface area contributed by atoms with E-state index in [-0.39, 0.29) is 22.6 Å². The van der Waals surface area contributed by atoms with Crippen LogP contribution in [0.15, 0.2) is 24.3 Å². The molecular weight excluding hydrogens is 304 g/mol. The van der Waals surface area contributed by atoms with Crippen molar-refractivity contribution in [3.63, 3.8) is 0 Å². The first-order valence-electron chi connectivity index (χ1n) is 6.36. The SMILES string of the molecule is COc1cc(O)c(C#Cc2cc(F)c(C#N)c(F)c2)c(OC)c1. The second-order valence-corrected chi connectivity index (χ2v) is 4.40. The van der Waals surface area contributed by atoms with E-state index in [4.69, 9.17) is 14.7 Å². The second-order valence-electron chi connectivity index (χ2n) is 4.40. The van der Waals surface area contributed by atoms with Crippen LogP contribution in [0.3, 0.4) is 0 Å². The van der Waals surface area contributed by atoms with Crippen molar-refractivity contribution in [2.75, 3.05) is 14.2 Å². The highest BCUT2D eigenvalue weighted by Crippen LogP contribution is 2.32. The van der Waals surface area contributed by atoms with Crippen molar-refractivity contribution >= 4 is 0 Å². The Morgan fingerprint density at radius 3 is 2.13 bits per heavy atom. The van der Waals surface area contributed by atoms with Crippen molar-refractivity contribution in [1.29, 1.82) is 5.26 Å². The molecule has 0 amide bonds. The maximum atomic E-state index is 13.5. The Morgan fingerprint density at radius 1 is 0.957 bits per heavy atom. The molecule has 0 aliphatic heterocycles. The first kappa shape index (κ1) is 16.1. The number of halogens is 2. The maximum absolute atomic E-state index is 13.5. The molecule has 4 nitrogen and oxygen atoms in total. The van der Waals surface area contributed by atoms with Gasteiger partial charge in [0, 0.05) is 17.7 Å². The summed E-state index contributed by atoms with van der Waals surface area (Å²) in [4.78, 5) is 0. The summed E-state index contributed by atoms with van der Waals surface area (Å²) in [5, 5.41) is 18.6. The third-order valence-corrected chi connectivity index (χ3v) is 3.00. The predicted octanol–water partition coefficient (Wildman–Crippen LogP) is 2.96. The van der Waals surface area contributed by atoms with Gasteiger partial charge in [-0.2, -0.15) is 5.26 Å². The largest absolute Gasteiger partial charge is 0.506 e. The highest BCUT2D eigenvalue weighted by Gasteiger charge is 2.11. The van der Waals surface area contributed by atoms with Gasteiger partial charge in [0.2, 0.25) is 0 Å². The van der Waals surface area contributed by atoms with Crippen LogP contribution in [0.5, 0.6) is 17.2 Å². The number of nitrogens with zero attached hydrogens (tertiary/aromatic N) is 1. The number of hydrogen-bond donors (Lipinski definition) is 1. The van der Waals surface area contributed by atoms with Crippen LogP contribution < -0.4 is 9.47 Å². The molecule has 1 N–H and O–H groups in total. The molecule has 0 heterocycles. The van der Waals surface area contributed by atoms with Gasteiger partial charge >= 0.3 is 0 Å². The fourth-order valence-corrected chi connectivity index (χ4v) is 1.87. The van der Waals surface area contributed by atoms with Gasteiger partial charge in [0.15, 0.2) is 0 Å². The van der Waals surface area contributed by atoms with Gasteiger partial charge in [-0.25, -0.2) is 8.78 Å². The number of benzene rings is 2. The third kappa shape index (κ3) is 3.33. The number of hydrogen-bond acceptors (Lipinski definition) is 4. The number of methoxy groups -OCH3 is 2. The van der Waals surface area contributed by atoms with E-state index >= 15 is 0 Å². The maximum Gasteiger partial charge on any atom is 0.145 e. The average molecular weight is 315 g/mol. The van der Waals surface area contributed by atoms with Crippen LogP contribution in [0.1, 0.15) is 16.7 Å². The number of ether oxygens (including phenoxy) is 2. The molecule has 0 saturated heterocycles. The molecule has 0 radical (unpaired) electrons. The summed E-state index contributed by atoms with van der Waals surface area (Å²) in [6, 6.07) is 6.18. The molecule has 0 fully saturated rings. The van der Waals surface area contributed by atoms with E-state index in [1.165, 1.54) is 32.4 Å². The smallest absolute Gasteiger partial charge is 0.145 e. The monoisotopic (exact) mass is 315 g/mol. The van der Waals surface area contributed by atoms with Gasteiger partial charge in [-0.1, -0.05) is 11.8 Å². The molecule has 6 heteroatoms. The topological polar surface area (TPSA) is 62.5 Å². The lowest BCUT2D eigenvalue weighted by Crippen LogP contribution is -1.93. The Kier molecular flexibility index (Phi) is 4.68. The molecule has 0 aliphatic rings. The van der Waals surface area contributed by atoms with E-state index in [9.17, 15) is 13.9 Å². The van der Waals surface area contributed by atoms with E-state index in [0.29, 0.717) is 5.75 Å². The van der Waals surface area contributed by atoms with Crippen LogP contribution >= 0.6 is 0 Å². The van der Waals surface area contributed by atoms with Crippen LogP contribution in [0, 0.1) is 34.8 Å². The predicted molar refractivity (Wildman–Crippen MR) is 78.3 cm³/mol. The summed E-state index contributed by atoms with van der Waals surface area (Å²) in [7, 11) is 2.82. The first-order chi connectivity index (χ1) is 11.0. The molecule has 0 atom stereocenters. The normalized spacial score (nSPS) is 9.52. The number of nitriles is 1. The molecule has 0 saturated carbocycles. The van der Waals surface area contributed by atoms with Gasteiger partial charge in [0.25, 0.3) is 0 Å². The lowest BCUT2D eigenvalue weighted by molar-refractivity contribution is 0.383. The Morgan fingerprint density at radius 2 is 1.61 bits per heavy atom. The molecule has 0 aromatic heterocycles. The number of phenolic OH excluding ortho intramolecular Hbond substituents is 1. The number of rotatable bonds is 2. The quantitative estimate of drug-likeness (QED) is 0.866. The van der Waals surface area contributed by atoms with Gasteiger partial charge in [-0.05, 0) is 12.1 Å². The van der Waals surface area contributed by atoms with Crippen molar-refractivity contribution < 1.29 is 23.4 Å². The Balaban J connectivity index is 2.50. The van der Waals surface area contributed by atoms with Crippen LogP contribution in [-0.4, -0.2) is 19.3 Å². The third-order valence-electron chi connectivity index (χ3n) is 3.00. The summed E-state index contributed by atoms with van der Waals surface area (Å²) in [5.41, 5.74) is -0.491. The fourth-order valence-electron chi connectivity index (χ4n) is 1.87. The van der Waals surface area contributed by atoms with Gasteiger partial charge in [0.1, 0.15) is 46.1 Å². The van der Waals surface area contributed by atoms with Crippen molar-refractivity contribution in [3.8, 4) is 35.2 Å². The van der Waals surface area contributed by atoms with E-state index < -0.39 is 17.2 Å². The summed E-state index contributed by atoms with van der Waals surface area (Å²) in [5.74, 6) is 3.56. The zero-order chi connectivity index (χ0) is 17.0. The van der Waals surface area contributed by atoms with Gasteiger partial charge in [0.05, 0.1) is 14.2 Å². The van der Waals surface area contributed by atoms with Gasteiger partial charge in [-0.15, -0.1) is 0 Å². The Hall–Kier alpha value is -3.25. The lowest BCUT2D eigenvalue weighted by Gasteiger charge is -2.08. The number of phenols is 1. The van der Waals surface area contributed by atoms with E-state index in [1.807, 2.05) is 0 Å². The zero-order valence-electron chi connectivity index (χ0n) is 12.3. The summed E-state index contributed by atoms with van der Waals surface area (Å²) < 4.78 is 37.2. The van der Waals surface area contributed by atoms with E-state index in [0.717, 1.165) is 12.1 Å². The molecular formula is C17H11F2NO3. The summed E-state index contributed by atoms with van der Waals surface area (Å²) in [6.07, 6.45) is 0. The van der Waals surface area contributed by atoms with Crippen LogP contribution in [0.2, 0.25) is 0 Å². The van der Waals surface area contributed by atoms with Crippen LogP contribution in [-0.2, 0) is 0 Å². The zero-order valence-corrected chi connectivity index (χ0v) is 12.3. The molecule has 0 spiro atoms. The van der Waals surface area contributed by atoms with Crippen LogP contribution in [0.25, 0.3) is 0 Å². The fraction of sp³-hybridized carbons (Fsp3) is 0.118. The molecule has 0 unspecified atom stereocenters. The second kappa shape index (κ2) is 6.67. The van der Waals surface area contributed by atoms with Crippen LogP contribution in [0.4, 0.5) is 8.78 Å². The summed E-state index contributed by atoms with van der Waals surface area (Å²) in [6.45, 7) is 0. The molecule has 2 aromatic carbocycles. The van der Waals surface area contributed by atoms with E-state index in [1.54, 1.807) is 0 Å². The highest BCUT2D eigenvalue weighted by atomic mass is 19.1. The lowest BCUT2D eigenvalue weighted by atomic mass is 10.1. The van der Waals surface area contributed by atoms with Gasteiger partial charge < -0.3 is 14.6 Å². The first-order valence-corrected chi connectivity index (χ1v) is 6.36. The van der Waals surface area contributed by atoms with Crippen molar-refractivity contribution in [2.24, 2.45) is 0 Å². The molecule has 0 aliphatic carbocycles. The highest BCUT2D eigenvalue weighted by molar-refractivity contribution is 5.59. The minimum atomic E-state index is -0.997. The summed E-state index contributed by atoms with van der Waals surface area (Å²) >= 11 is 0. The molecule has 116 valence electrons. The van der Waals surface area contributed by atoms with E-state index in [2.05, 4.69) is 11.8 Å². The average Bonchev–Trinajstić information content (AvgIpc) is 2.52. The van der Waals surface area contributed by atoms with Gasteiger partial charge in [-0.3, -0.25) is 0 Å². The minimum absolute atomic E-state index is 0.0243. The molecule has 23 heavy (non-hydrogen) atoms. The Bertz CT molecular complexity index is 838. The van der Waals surface area contributed by atoms with Crippen molar-refractivity contribution in [1.82, 2.24) is 0 Å².